The Hall–Kier alpha value is -2.89. The van der Waals surface area contributed by atoms with Crippen molar-refractivity contribution < 1.29 is 69.3 Å². The lowest BCUT2D eigenvalue weighted by Gasteiger charge is -2.40. The summed E-state index contributed by atoms with van der Waals surface area (Å²) in [6, 6.07) is 6.45. The first-order chi connectivity index (χ1) is 20.4. The van der Waals surface area contributed by atoms with Gasteiger partial charge >= 0.3 is 5.97 Å². The van der Waals surface area contributed by atoms with Crippen molar-refractivity contribution in [2.45, 2.75) is 81.7 Å². The van der Waals surface area contributed by atoms with Crippen LogP contribution in [0.5, 0.6) is 11.5 Å². The molecule has 2 saturated heterocycles. The number of ether oxygens (including phenoxy) is 5. The zero-order valence-corrected chi connectivity index (χ0v) is 23.8. The molecule has 0 saturated carbocycles. The second-order valence-electron chi connectivity index (χ2n) is 10.7. The molecule has 238 valence electrons. The molecule has 2 aliphatic heterocycles. The molecule has 0 aliphatic carbocycles. The largest absolute Gasteiger partial charge is 0.465 e. The summed E-state index contributed by atoms with van der Waals surface area (Å²) in [5, 5.41) is 82.4. The first kappa shape index (κ1) is 33.0. The van der Waals surface area contributed by atoms with Crippen molar-refractivity contribution in [2.24, 2.45) is 0 Å². The standard InChI is InChI=1S/C29H38O14/c1-12(2)8-9-15-18(27(38)39-3)26(43-29-24(37)22(35)20(33)17(11-31)41-29)14-7-5-4-6-13(14)25(15)42-28-23(36)21(34)19(32)16(10-30)40-28/h4-8,16-17,19-24,28-37H,9-11H2,1-3H3/t16-,17-,19+,20+,21+,22+,23+,24+,28-,29-/m0/s1. The fraction of sp³-hybridized carbons (Fsp3) is 0.552. The Morgan fingerprint density at radius 3 is 1.67 bits per heavy atom. The predicted octanol–water partition coefficient (Wildman–Crippen LogP) is -1.51. The van der Waals surface area contributed by atoms with Crippen molar-refractivity contribution in [3.05, 3.63) is 47.0 Å². The van der Waals surface area contributed by atoms with Gasteiger partial charge in [-0.3, -0.25) is 0 Å². The molecular weight excluding hydrogens is 572 g/mol. The lowest BCUT2D eigenvalue weighted by molar-refractivity contribution is -0.277. The molecule has 2 aromatic carbocycles. The second-order valence-corrected chi connectivity index (χ2v) is 10.7. The molecule has 2 heterocycles. The van der Waals surface area contributed by atoms with Crippen LogP contribution >= 0.6 is 0 Å². The first-order valence-corrected chi connectivity index (χ1v) is 13.7. The van der Waals surface area contributed by atoms with Gasteiger partial charge in [0.2, 0.25) is 12.6 Å². The minimum atomic E-state index is -1.78. The average Bonchev–Trinajstić information content (AvgIpc) is 3.00. The Balaban J connectivity index is 1.93. The number of rotatable bonds is 9. The molecule has 4 rings (SSSR count). The Morgan fingerprint density at radius 1 is 0.767 bits per heavy atom. The maximum atomic E-state index is 13.4. The number of hydrogen-bond donors (Lipinski definition) is 8. The van der Waals surface area contributed by atoms with Gasteiger partial charge in [-0.05, 0) is 20.3 Å². The number of carbonyl (C=O) groups excluding carboxylic acids is 1. The van der Waals surface area contributed by atoms with Crippen LogP contribution in [0.1, 0.15) is 29.8 Å². The van der Waals surface area contributed by atoms with Gasteiger partial charge in [-0.15, -0.1) is 0 Å². The van der Waals surface area contributed by atoms with E-state index in [1.807, 2.05) is 13.8 Å². The number of allylic oxidation sites excluding steroid dienone is 2. The van der Waals surface area contributed by atoms with Gasteiger partial charge in [-0.2, -0.15) is 0 Å². The van der Waals surface area contributed by atoms with E-state index >= 15 is 0 Å². The highest BCUT2D eigenvalue weighted by Gasteiger charge is 2.47. The van der Waals surface area contributed by atoms with E-state index in [0.717, 1.165) is 12.7 Å². The van der Waals surface area contributed by atoms with Crippen LogP contribution in [0.25, 0.3) is 10.8 Å². The van der Waals surface area contributed by atoms with Gasteiger partial charge in [-0.1, -0.05) is 35.9 Å². The summed E-state index contributed by atoms with van der Waals surface area (Å²) in [6.45, 7) is 2.26. The molecule has 43 heavy (non-hydrogen) atoms. The number of fused-ring (bicyclic) bond motifs is 1. The summed E-state index contributed by atoms with van der Waals surface area (Å²) in [6.07, 6.45) is -14.2. The molecule has 0 unspecified atom stereocenters. The monoisotopic (exact) mass is 610 g/mol. The van der Waals surface area contributed by atoms with Gasteiger partial charge in [0, 0.05) is 16.3 Å². The van der Waals surface area contributed by atoms with E-state index in [4.69, 9.17) is 23.7 Å². The average molecular weight is 611 g/mol. The highest BCUT2D eigenvalue weighted by molar-refractivity contribution is 6.06. The Labute approximate surface area is 246 Å². The normalized spacial score (nSPS) is 32.7. The van der Waals surface area contributed by atoms with Gasteiger partial charge in [-0.25, -0.2) is 4.79 Å². The summed E-state index contributed by atoms with van der Waals surface area (Å²) in [7, 11) is 1.14. The quantitative estimate of drug-likeness (QED) is 0.119. The third-order valence-corrected chi connectivity index (χ3v) is 7.49. The Morgan fingerprint density at radius 2 is 1.23 bits per heavy atom. The number of hydrogen-bond acceptors (Lipinski definition) is 14. The molecule has 0 bridgehead atoms. The van der Waals surface area contributed by atoms with Crippen LogP contribution in [0, 0.1) is 0 Å². The summed E-state index contributed by atoms with van der Waals surface area (Å²) >= 11 is 0. The minimum Gasteiger partial charge on any atom is -0.465 e. The Kier molecular flexibility index (Phi) is 10.6. The second kappa shape index (κ2) is 13.8. The molecule has 2 aliphatic rings. The highest BCUT2D eigenvalue weighted by Crippen LogP contribution is 2.44. The lowest BCUT2D eigenvalue weighted by atomic mass is 9.94. The van der Waals surface area contributed by atoms with Gasteiger partial charge < -0.3 is 64.5 Å². The van der Waals surface area contributed by atoms with E-state index in [0.29, 0.717) is 5.39 Å². The van der Waals surface area contributed by atoms with Crippen LogP contribution in [-0.4, -0.2) is 129 Å². The highest BCUT2D eigenvalue weighted by atomic mass is 16.7. The van der Waals surface area contributed by atoms with Gasteiger partial charge in [0.15, 0.2) is 0 Å². The van der Waals surface area contributed by atoms with Crippen LogP contribution in [0.2, 0.25) is 0 Å². The van der Waals surface area contributed by atoms with E-state index in [1.54, 1.807) is 30.3 Å². The van der Waals surface area contributed by atoms with Crippen LogP contribution in [0.4, 0.5) is 0 Å². The smallest absolute Gasteiger partial charge is 0.342 e. The number of methoxy groups -OCH3 is 1. The third kappa shape index (κ3) is 6.49. The van der Waals surface area contributed by atoms with Crippen molar-refractivity contribution in [2.75, 3.05) is 20.3 Å². The molecule has 10 atom stereocenters. The molecular formula is C29H38O14. The van der Waals surface area contributed by atoms with E-state index in [9.17, 15) is 45.6 Å². The molecule has 0 radical (unpaired) electrons. The van der Waals surface area contributed by atoms with E-state index in [1.165, 1.54) is 0 Å². The summed E-state index contributed by atoms with van der Waals surface area (Å²) < 4.78 is 28.4. The maximum Gasteiger partial charge on any atom is 0.342 e. The summed E-state index contributed by atoms with van der Waals surface area (Å²) in [5.74, 6) is -0.995. The van der Waals surface area contributed by atoms with E-state index in [-0.39, 0.29) is 34.4 Å². The zero-order chi connectivity index (χ0) is 31.6. The molecule has 14 heteroatoms. The van der Waals surface area contributed by atoms with Crippen LogP contribution in [0.15, 0.2) is 35.9 Å². The Bertz CT molecular complexity index is 1310. The molecule has 8 N–H and O–H groups in total. The van der Waals surface area contributed by atoms with Crippen molar-refractivity contribution in [1.29, 1.82) is 0 Å². The van der Waals surface area contributed by atoms with Crippen molar-refractivity contribution in [3.8, 4) is 11.5 Å². The minimum absolute atomic E-state index is 0.0268. The van der Waals surface area contributed by atoms with Crippen LogP contribution in [0.3, 0.4) is 0 Å². The predicted molar refractivity (Wildman–Crippen MR) is 147 cm³/mol. The molecule has 0 spiro atoms. The van der Waals surface area contributed by atoms with E-state index < -0.39 is 80.6 Å². The van der Waals surface area contributed by atoms with Gasteiger partial charge in [0.25, 0.3) is 0 Å². The number of carbonyl (C=O) groups is 1. The maximum absolute atomic E-state index is 13.4. The number of esters is 1. The summed E-state index contributed by atoms with van der Waals surface area (Å²) in [5.41, 5.74) is 0.873. The molecule has 0 amide bonds. The molecule has 2 fully saturated rings. The van der Waals surface area contributed by atoms with Crippen molar-refractivity contribution in [1.82, 2.24) is 0 Å². The third-order valence-electron chi connectivity index (χ3n) is 7.49. The molecule has 2 aromatic rings. The van der Waals surface area contributed by atoms with Crippen molar-refractivity contribution in [3.63, 3.8) is 0 Å². The fourth-order valence-electron chi connectivity index (χ4n) is 5.06. The van der Waals surface area contributed by atoms with Crippen LogP contribution < -0.4 is 9.47 Å². The first-order valence-electron chi connectivity index (χ1n) is 13.7. The molecule has 0 aromatic heterocycles. The summed E-state index contributed by atoms with van der Waals surface area (Å²) in [4.78, 5) is 13.4. The topological polar surface area (TPSA) is 225 Å². The lowest BCUT2D eigenvalue weighted by Crippen LogP contribution is -2.60. The van der Waals surface area contributed by atoms with Crippen LogP contribution in [-0.2, 0) is 20.6 Å². The van der Waals surface area contributed by atoms with E-state index in [2.05, 4.69) is 0 Å². The number of aliphatic hydroxyl groups is 8. The number of benzene rings is 2. The number of aliphatic hydroxyl groups excluding tert-OH is 8. The van der Waals surface area contributed by atoms with Gasteiger partial charge in [0.1, 0.15) is 65.9 Å². The molecule has 14 nitrogen and oxygen atoms in total. The fourth-order valence-corrected chi connectivity index (χ4v) is 5.06. The van der Waals surface area contributed by atoms with Crippen molar-refractivity contribution >= 4 is 16.7 Å². The zero-order valence-electron chi connectivity index (χ0n) is 23.8. The SMILES string of the molecule is COC(=O)c1c(CC=C(C)C)c(O[C@@H]2O[C@@H](CO)[C@@H](O)[C@@H](O)[C@H]2O)c2ccccc2c1O[C@@H]1O[C@@H](CO)[C@@H](O)[C@@H](O)[C@H]1O. The van der Waals surface area contributed by atoms with Gasteiger partial charge in [0.05, 0.1) is 20.3 Å².